The first-order valence-electron chi connectivity index (χ1n) is 16.0. The van der Waals surface area contributed by atoms with E-state index in [-0.39, 0.29) is 18.8 Å². The molecule has 0 unspecified atom stereocenters. The number of ether oxygens (including phenoxy) is 1. The van der Waals surface area contributed by atoms with Crippen LogP contribution in [0, 0.1) is 11.8 Å². The Kier molecular flexibility index (Phi) is 9.62. The van der Waals surface area contributed by atoms with Crippen LogP contribution < -0.4 is 0 Å². The van der Waals surface area contributed by atoms with E-state index in [1.807, 2.05) is 54.6 Å². The summed E-state index contributed by atoms with van der Waals surface area (Å²) in [4.78, 5) is 3.26. The Morgan fingerprint density at radius 3 is 1.48 bits per heavy atom. The fraction of sp³-hybridized carbons (Fsp3) is 0.486. The summed E-state index contributed by atoms with van der Waals surface area (Å²) in [6, 6.07) is 30.9. The van der Waals surface area contributed by atoms with Crippen LogP contribution in [0.5, 0.6) is 0 Å². The van der Waals surface area contributed by atoms with Gasteiger partial charge < -0.3 is 14.0 Å². The van der Waals surface area contributed by atoms with E-state index < -0.39 is 18.7 Å². The van der Waals surface area contributed by atoms with Crippen LogP contribution in [-0.2, 0) is 19.6 Å². The van der Waals surface area contributed by atoms with Crippen molar-refractivity contribution < 1.29 is 14.0 Å². The fourth-order valence-corrected chi connectivity index (χ4v) is 7.57. The number of rotatable bonds is 10. The van der Waals surface area contributed by atoms with E-state index in [4.69, 9.17) is 14.0 Å². The van der Waals surface area contributed by atoms with Crippen molar-refractivity contribution >= 4 is 7.12 Å². The maximum atomic E-state index is 9.70. The predicted octanol–water partition coefficient (Wildman–Crippen LogP) is 8.65. The third kappa shape index (κ3) is 6.16. The van der Waals surface area contributed by atoms with Crippen LogP contribution >= 0.6 is 0 Å². The van der Waals surface area contributed by atoms with E-state index in [1.54, 1.807) is 0 Å². The molecule has 0 bridgehead atoms. The highest BCUT2D eigenvalue weighted by Gasteiger charge is 2.50. The summed E-state index contributed by atoms with van der Waals surface area (Å²) in [6.45, 7) is 0.155. The normalized spacial score (nSPS) is 22.9. The van der Waals surface area contributed by atoms with Crippen LogP contribution in [0.2, 0.25) is 0 Å². The molecule has 3 aliphatic rings. The maximum Gasteiger partial charge on any atom is 0.469 e. The molecule has 7 heteroatoms. The van der Waals surface area contributed by atoms with E-state index in [0.29, 0.717) is 11.8 Å². The largest absolute Gasteiger partial charge is 0.469 e. The quantitative estimate of drug-likeness (QED) is 0.0814. The van der Waals surface area contributed by atoms with Crippen LogP contribution in [0.15, 0.2) is 96.1 Å². The standard InChI is InChI=1S/C35H42BN3O3/c37-39-38-32(36-41-33(27-16-6-1-7-17-27)34(42-36)28-18-8-2-9-19-28)26-40-35(29-20-10-3-11-21-29,30-22-12-4-13-23-30)31-24-14-5-15-25-31/h3-5,10-15,20-25,27-28,32-34H,1-2,6-9,16-19,26H2/t32-,33+,34+/m1/s1. The topological polar surface area (TPSA) is 76.5 Å². The van der Waals surface area contributed by atoms with E-state index in [2.05, 4.69) is 46.4 Å². The molecular weight excluding hydrogens is 521 g/mol. The van der Waals surface area contributed by atoms with Crippen molar-refractivity contribution in [2.45, 2.75) is 88.0 Å². The lowest BCUT2D eigenvalue weighted by Gasteiger charge is -2.37. The summed E-state index contributed by atoms with van der Waals surface area (Å²) in [5.74, 6) is 0.380. The lowest BCUT2D eigenvalue weighted by molar-refractivity contribution is 0.00953. The first-order chi connectivity index (χ1) is 20.8. The Morgan fingerprint density at radius 2 is 1.10 bits per heavy atom. The highest BCUT2D eigenvalue weighted by atomic mass is 16.7. The minimum Gasteiger partial charge on any atom is -0.405 e. The molecule has 0 spiro atoms. The van der Waals surface area contributed by atoms with Gasteiger partial charge in [-0.1, -0.05) is 135 Å². The van der Waals surface area contributed by atoms with Gasteiger partial charge in [0.2, 0.25) is 0 Å². The molecule has 3 fully saturated rings. The summed E-state index contributed by atoms with van der Waals surface area (Å²) in [5.41, 5.74) is 11.8. The zero-order chi connectivity index (χ0) is 28.6. The SMILES string of the molecule is [N-]=[N+]=N[C@H](COC(c1ccccc1)(c1ccccc1)c1ccccc1)B1O[C@@H](C2CCCCC2)[C@H](C2CCCCC2)O1. The van der Waals surface area contributed by atoms with Crippen LogP contribution in [0.3, 0.4) is 0 Å². The molecule has 0 radical (unpaired) electrons. The molecule has 1 heterocycles. The molecule has 1 saturated heterocycles. The Hall–Kier alpha value is -3.09. The Labute approximate surface area is 250 Å². The first-order valence-corrected chi connectivity index (χ1v) is 16.0. The second-order valence-electron chi connectivity index (χ2n) is 12.2. The van der Waals surface area contributed by atoms with Crippen LogP contribution in [0.4, 0.5) is 0 Å². The molecule has 1 aliphatic heterocycles. The van der Waals surface area contributed by atoms with Crippen molar-refractivity contribution in [3.63, 3.8) is 0 Å². The molecule has 0 amide bonds. The zero-order valence-electron chi connectivity index (χ0n) is 24.5. The monoisotopic (exact) mass is 563 g/mol. The summed E-state index contributed by atoms with van der Waals surface area (Å²) in [6.07, 6.45) is 12.5. The van der Waals surface area contributed by atoms with Crippen molar-refractivity contribution in [3.05, 3.63) is 118 Å². The highest BCUT2D eigenvalue weighted by molar-refractivity contribution is 6.47. The van der Waals surface area contributed by atoms with Gasteiger partial charge in [0.25, 0.3) is 0 Å². The second kappa shape index (κ2) is 13.9. The third-order valence-corrected chi connectivity index (χ3v) is 9.66. The minimum absolute atomic E-state index is 0.0527. The highest BCUT2D eigenvalue weighted by Crippen LogP contribution is 2.43. The summed E-state index contributed by atoms with van der Waals surface area (Å²) in [7, 11) is -0.625. The summed E-state index contributed by atoms with van der Waals surface area (Å²) in [5, 5.41) is 4.25. The molecular formula is C35H42BN3O3. The molecule has 2 saturated carbocycles. The van der Waals surface area contributed by atoms with E-state index in [9.17, 15) is 5.53 Å². The smallest absolute Gasteiger partial charge is 0.405 e. The van der Waals surface area contributed by atoms with Gasteiger partial charge in [0.15, 0.2) is 0 Å². The third-order valence-electron chi connectivity index (χ3n) is 9.66. The lowest BCUT2D eigenvalue weighted by Crippen LogP contribution is -2.41. The Bertz CT molecular complexity index is 1170. The summed E-state index contributed by atoms with van der Waals surface area (Å²) >= 11 is 0. The van der Waals surface area contributed by atoms with Crippen molar-refractivity contribution in [2.75, 3.05) is 6.61 Å². The van der Waals surface area contributed by atoms with Crippen molar-refractivity contribution in [1.29, 1.82) is 0 Å². The van der Waals surface area contributed by atoms with Crippen LogP contribution in [-0.4, -0.2) is 31.9 Å². The predicted molar refractivity (Wildman–Crippen MR) is 167 cm³/mol. The van der Waals surface area contributed by atoms with Crippen molar-refractivity contribution in [1.82, 2.24) is 0 Å². The van der Waals surface area contributed by atoms with Gasteiger partial charge >= 0.3 is 7.12 Å². The van der Waals surface area contributed by atoms with Gasteiger partial charge in [-0.2, -0.15) is 0 Å². The molecule has 3 aromatic carbocycles. The van der Waals surface area contributed by atoms with Crippen LogP contribution in [0.25, 0.3) is 10.4 Å². The first kappa shape index (κ1) is 29.0. The number of hydrogen-bond donors (Lipinski definition) is 0. The Balaban J connectivity index is 1.32. The zero-order valence-corrected chi connectivity index (χ0v) is 24.5. The number of nitrogens with zero attached hydrogens (tertiary/aromatic N) is 3. The van der Waals surface area contributed by atoms with Gasteiger partial charge in [-0.15, -0.1) is 0 Å². The second-order valence-corrected chi connectivity index (χ2v) is 12.2. The molecule has 6 nitrogen and oxygen atoms in total. The van der Waals surface area contributed by atoms with E-state index in [1.165, 1.54) is 64.2 Å². The van der Waals surface area contributed by atoms with Gasteiger partial charge in [-0.25, -0.2) is 0 Å². The number of hydrogen-bond acceptors (Lipinski definition) is 4. The van der Waals surface area contributed by atoms with Gasteiger partial charge in [-0.05, 0) is 59.7 Å². The van der Waals surface area contributed by atoms with Crippen molar-refractivity contribution in [2.24, 2.45) is 17.0 Å². The average Bonchev–Trinajstić information content (AvgIpc) is 3.52. The number of benzene rings is 3. The molecule has 3 aromatic rings. The van der Waals surface area contributed by atoms with Crippen LogP contribution in [0.1, 0.15) is 80.9 Å². The van der Waals surface area contributed by atoms with E-state index in [0.717, 1.165) is 16.7 Å². The average molecular weight is 564 g/mol. The van der Waals surface area contributed by atoms with Gasteiger partial charge in [0, 0.05) is 4.91 Å². The molecule has 0 aromatic heterocycles. The van der Waals surface area contributed by atoms with Crippen molar-refractivity contribution in [3.8, 4) is 0 Å². The Morgan fingerprint density at radius 1 is 0.690 bits per heavy atom. The molecule has 2 aliphatic carbocycles. The fourth-order valence-electron chi connectivity index (χ4n) is 7.57. The summed E-state index contributed by atoms with van der Waals surface area (Å²) < 4.78 is 20.6. The lowest BCUT2D eigenvalue weighted by atomic mass is 9.77. The van der Waals surface area contributed by atoms with Gasteiger partial charge in [0.05, 0.1) is 24.8 Å². The van der Waals surface area contributed by atoms with E-state index >= 15 is 0 Å². The molecule has 6 rings (SSSR count). The molecule has 218 valence electrons. The molecule has 3 atom stereocenters. The maximum absolute atomic E-state index is 9.70. The van der Waals surface area contributed by atoms with Gasteiger partial charge in [-0.3, -0.25) is 0 Å². The number of azide groups is 1. The minimum atomic E-state index is -0.906. The molecule has 42 heavy (non-hydrogen) atoms. The molecule has 0 N–H and O–H groups in total. The van der Waals surface area contributed by atoms with Gasteiger partial charge in [0.1, 0.15) is 5.60 Å².